The number of non-ortho nitro benzene ring substituents is 1. The molecule has 0 aliphatic carbocycles. The Morgan fingerprint density at radius 1 is 1.38 bits per heavy atom. The van der Waals surface area contributed by atoms with Gasteiger partial charge in [-0.3, -0.25) is 14.9 Å². The molecule has 1 atom stereocenters. The minimum Gasteiger partial charge on any atom is -0.452 e. The Morgan fingerprint density at radius 2 is 2.14 bits per heavy atom. The third-order valence-corrected chi connectivity index (χ3v) is 6.30. The van der Waals surface area contributed by atoms with E-state index in [4.69, 9.17) is 4.74 Å². The van der Waals surface area contributed by atoms with Crippen LogP contribution in [-0.2, 0) is 24.2 Å². The number of sulfone groups is 1. The molecule has 0 aromatic heterocycles. The molecule has 9 nitrogen and oxygen atoms in total. The SMILES string of the molecule is CCCCN(C(=O)COC(=O)/C=C/c1cccc([N+](=O)[O-])c1)C1CCS(=O)(=O)C1. The van der Waals surface area contributed by atoms with Crippen LogP contribution < -0.4 is 0 Å². The summed E-state index contributed by atoms with van der Waals surface area (Å²) >= 11 is 0. The van der Waals surface area contributed by atoms with E-state index >= 15 is 0 Å². The summed E-state index contributed by atoms with van der Waals surface area (Å²) in [5.74, 6) is -1.21. The van der Waals surface area contributed by atoms with E-state index in [-0.39, 0.29) is 17.2 Å². The summed E-state index contributed by atoms with van der Waals surface area (Å²) in [6.45, 7) is 1.89. The highest BCUT2D eigenvalue weighted by Gasteiger charge is 2.34. The highest BCUT2D eigenvalue weighted by atomic mass is 32.2. The van der Waals surface area contributed by atoms with Crippen LogP contribution in [-0.4, -0.2) is 60.8 Å². The van der Waals surface area contributed by atoms with Gasteiger partial charge in [0.2, 0.25) is 0 Å². The largest absolute Gasteiger partial charge is 0.452 e. The fourth-order valence-corrected chi connectivity index (χ4v) is 4.76. The highest BCUT2D eigenvalue weighted by molar-refractivity contribution is 7.91. The van der Waals surface area contributed by atoms with Crippen LogP contribution >= 0.6 is 0 Å². The topological polar surface area (TPSA) is 124 Å². The molecule has 1 aliphatic heterocycles. The van der Waals surface area contributed by atoms with Crippen LogP contribution in [0.4, 0.5) is 5.69 Å². The molecule has 1 heterocycles. The third-order valence-electron chi connectivity index (χ3n) is 4.55. The number of esters is 1. The molecule has 1 aromatic carbocycles. The van der Waals surface area contributed by atoms with E-state index in [1.54, 1.807) is 6.07 Å². The summed E-state index contributed by atoms with van der Waals surface area (Å²) in [6, 6.07) is 5.34. The molecule has 1 fully saturated rings. The Hall–Kier alpha value is -2.75. The van der Waals surface area contributed by atoms with Crippen LogP contribution in [0.15, 0.2) is 30.3 Å². The number of nitro benzene ring substituents is 1. The molecule has 29 heavy (non-hydrogen) atoms. The number of carbonyl (C=O) groups is 2. The van der Waals surface area contributed by atoms with Crippen molar-refractivity contribution < 1.29 is 27.7 Å². The lowest BCUT2D eigenvalue weighted by Gasteiger charge is -2.28. The van der Waals surface area contributed by atoms with Crippen molar-refractivity contribution in [3.05, 3.63) is 46.0 Å². The van der Waals surface area contributed by atoms with Crippen molar-refractivity contribution >= 4 is 33.5 Å². The van der Waals surface area contributed by atoms with Gasteiger partial charge in [-0.05, 0) is 24.5 Å². The number of ether oxygens (including phenoxy) is 1. The lowest BCUT2D eigenvalue weighted by atomic mass is 10.2. The first-order chi connectivity index (χ1) is 13.7. The number of carbonyl (C=O) groups excluding carboxylic acids is 2. The number of rotatable bonds is 9. The lowest BCUT2D eigenvalue weighted by molar-refractivity contribution is -0.384. The van der Waals surface area contributed by atoms with Crippen molar-refractivity contribution in [1.82, 2.24) is 4.90 Å². The van der Waals surface area contributed by atoms with Gasteiger partial charge < -0.3 is 9.64 Å². The second kappa shape index (κ2) is 10.1. The zero-order chi connectivity index (χ0) is 21.4. The summed E-state index contributed by atoms with van der Waals surface area (Å²) in [4.78, 5) is 36.1. The molecular formula is C19H24N2O7S. The van der Waals surface area contributed by atoms with Crippen molar-refractivity contribution in [2.24, 2.45) is 0 Å². The third kappa shape index (κ3) is 6.97. The van der Waals surface area contributed by atoms with Crippen molar-refractivity contribution in [2.75, 3.05) is 24.7 Å². The average Bonchev–Trinajstić information content (AvgIpc) is 3.04. The number of nitrogens with zero attached hydrogens (tertiary/aromatic N) is 2. The van der Waals surface area contributed by atoms with Gasteiger partial charge in [0.05, 0.1) is 16.4 Å². The normalized spacial score (nSPS) is 17.9. The van der Waals surface area contributed by atoms with Crippen LogP contribution in [0.5, 0.6) is 0 Å². The maximum absolute atomic E-state index is 12.5. The van der Waals surface area contributed by atoms with Gasteiger partial charge in [-0.2, -0.15) is 0 Å². The van der Waals surface area contributed by atoms with Gasteiger partial charge in [0.1, 0.15) is 0 Å². The average molecular weight is 424 g/mol. The Kier molecular flexibility index (Phi) is 7.89. The Bertz CT molecular complexity index is 896. The molecule has 1 aromatic rings. The van der Waals surface area contributed by atoms with Gasteiger partial charge in [-0.1, -0.05) is 25.5 Å². The predicted molar refractivity (Wildman–Crippen MR) is 107 cm³/mol. The second-order valence-electron chi connectivity index (χ2n) is 6.79. The number of hydrogen-bond acceptors (Lipinski definition) is 7. The van der Waals surface area contributed by atoms with Crippen molar-refractivity contribution in [3.8, 4) is 0 Å². The summed E-state index contributed by atoms with van der Waals surface area (Å²) < 4.78 is 28.4. The number of amides is 1. The Morgan fingerprint density at radius 3 is 2.76 bits per heavy atom. The zero-order valence-corrected chi connectivity index (χ0v) is 17.0. The molecule has 1 amide bonds. The monoisotopic (exact) mass is 424 g/mol. The van der Waals surface area contributed by atoms with Crippen LogP contribution in [0.25, 0.3) is 6.08 Å². The molecular weight excluding hydrogens is 400 g/mol. The predicted octanol–water partition coefficient (Wildman–Crippen LogP) is 1.97. The molecule has 0 spiro atoms. The van der Waals surface area contributed by atoms with E-state index in [1.165, 1.54) is 29.2 Å². The van der Waals surface area contributed by atoms with E-state index in [0.29, 0.717) is 18.5 Å². The molecule has 1 unspecified atom stereocenters. The number of hydrogen-bond donors (Lipinski definition) is 0. The van der Waals surface area contributed by atoms with Gasteiger partial charge in [0, 0.05) is 30.8 Å². The standard InChI is InChI=1S/C19H24N2O7S/c1-2-3-10-20(17-9-11-29(26,27)14-17)18(22)13-28-19(23)8-7-15-5-4-6-16(12-15)21(24)25/h4-8,12,17H,2-3,9-11,13-14H2,1H3/b8-7+. The number of benzene rings is 1. The maximum Gasteiger partial charge on any atom is 0.331 e. The second-order valence-corrected chi connectivity index (χ2v) is 9.02. The van der Waals surface area contributed by atoms with E-state index in [9.17, 15) is 28.1 Å². The van der Waals surface area contributed by atoms with Gasteiger partial charge in [-0.25, -0.2) is 13.2 Å². The van der Waals surface area contributed by atoms with Crippen LogP contribution in [0.2, 0.25) is 0 Å². The first kappa shape index (κ1) is 22.5. The fourth-order valence-electron chi connectivity index (χ4n) is 3.03. The molecule has 0 bridgehead atoms. The molecule has 0 radical (unpaired) electrons. The number of nitro groups is 1. The van der Waals surface area contributed by atoms with Crippen molar-refractivity contribution in [2.45, 2.75) is 32.2 Å². The van der Waals surface area contributed by atoms with E-state index < -0.39 is 39.3 Å². The summed E-state index contributed by atoms with van der Waals surface area (Å²) in [5, 5.41) is 10.8. The first-order valence-corrected chi connectivity index (χ1v) is 11.1. The molecule has 0 N–H and O–H groups in total. The summed E-state index contributed by atoms with van der Waals surface area (Å²) in [5.41, 5.74) is 0.344. The fraction of sp³-hybridized carbons (Fsp3) is 0.474. The summed E-state index contributed by atoms with van der Waals surface area (Å²) in [7, 11) is -3.14. The van der Waals surface area contributed by atoms with E-state index in [1.807, 2.05) is 6.92 Å². The molecule has 158 valence electrons. The van der Waals surface area contributed by atoms with Gasteiger partial charge in [-0.15, -0.1) is 0 Å². The first-order valence-electron chi connectivity index (χ1n) is 9.31. The molecule has 0 saturated carbocycles. The van der Waals surface area contributed by atoms with Gasteiger partial charge in [0.15, 0.2) is 16.4 Å². The van der Waals surface area contributed by atoms with Crippen LogP contribution in [0, 0.1) is 10.1 Å². The Labute approximate surface area is 169 Å². The van der Waals surface area contributed by atoms with Crippen LogP contribution in [0.3, 0.4) is 0 Å². The molecule has 10 heteroatoms. The Balaban J connectivity index is 1.93. The van der Waals surface area contributed by atoms with Gasteiger partial charge >= 0.3 is 5.97 Å². The lowest BCUT2D eigenvalue weighted by Crippen LogP contribution is -2.43. The van der Waals surface area contributed by atoms with Crippen molar-refractivity contribution in [1.29, 1.82) is 0 Å². The van der Waals surface area contributed by atoms with E-state index in [2.05, 4.69) is 0 Å². The summed E-state index contributed by atoms with van der Waals surface area (Å²) in [6.07, 6.45) is 4.40. The smallest absolute Gasteiger partial charge is 0.331 e. The van der Waals surface area contributed by atoms with Gasteiger partial charge in [0.25, 0.3) is 11.6 Å². The quantitative estimate of drug-likeness (QED) is 0.257. The van der Waals surface area contributed by atoms with Crippen LogP contribution in [0.1, 0.15) is 31.7 Å². The minimum absolute atomic E-state index is 0.0549. The molecule has 2 rings (SSSR count). The molecule has 1 saturated heterocycles. The minimum atomic E-state index is -3.14. The number of unbranched alkanes of at least 4 members (excludes halogenated alkanes) is 1. The van der Waals surface area contributed by atoms with Crippen molar-refractivity contribution in [3.63, 3.8) is 0 Å². The maximum atomic E-state index is 12.5. The highest BCUT2D eigenvalue weighted by Crippen LogP contribution is 2.19. The van der Waals surface area contributed by atoms with E-state index in [0.717, 1.165) is 18.9 Å². The zero-order valence-electron chi connectivity index (χ0n) is 16.2. The molecule has 1 aliphatic rings.